The molecule has 0 spiro atoms. The molecule has 0 aliphatic carbocycles. The lowest BCUT2D eigenvalue weighted by Gasteiger charge is -2.37. The summed E-state index contributed by atoms with van der Waals surface area (Å²) in [6.45, 7) is 0. The molecule has 2 nitrogen and oxygen atoms in total. The minimum atomic E-state index is -0.540. The zero-order valence-electron chi connectivity index (χ0n) is 13.9. The summed E-state index contributed by atoms with van der Waals surface area (Å²) in [6.07, 6.45) is 2.02. The summed E-state index contributed by atoms with van der Waals surface area (Å²) < 4.78 is 3.73. The molecule has 0 atom stereocenters. The van der Waals surface area contributed by atoms with Crippen LogP contribution in [0.15, 0.2) is 107 Å². The Morgan fingerprint density at radius 3 is 1.31 bits per heavy atom. The van der Waals surface area contributed by atoms with E-state index in [4.69, 9.17) is 0 Å². The van der Waals surface area contributed by atoms with Crippen molar-refractivity contribution in [3.63, 3.8) is 0 Å². The van der Waals surface area contributed by atoms with Crippen LogP contribution in [0, 0.1) is 0 Å². The Bertz CT molecular complexity index is 900. The van der Waals surface area contributed by atoms with Gasteiger partial charge in [0.15, 0.2) is 4.73 Å². The quantitative estimate of drug-likeness (QED) is 0.324. The molecule has 128 valence electrons. The van der Waals surface area contributed by atoms with Crippen LogP contribution in [0.25, 0.3) is 0 Å². The van der Waals surface area contributed by atoms with Gasteiger partial charge in [-0.2, -0.15) is 0 Å². The number of hydrogen-bond donors (Lipinski definition) is 0. The fraction of sp³-hybridized carbons (Fsp3) is 0.0455. The van der Waals surface area contributed by atoms with E-state index in [-0.39, 0.29) is 0 Å². The Kier molecular flexibility index (Phi) is 4.79. The van der Waals surface area contributed by atoms with Crippen molar-refractivity contribution in [3.05, 3.63) is 123 Å². The lowest BCUT2D eigenvalue weighted by atomic mass is 9.77. The van der Waals surface area contributed by atoms with Gasteiger partial charge in [0.1, 0.15) is 10.1 Å². The van der Waals surface area contributed by atoms with E-state index >= 15 is 0 Å². The molecule has 0 unspecified atom stereocenters. The van der Waals surface area contributed by atoms with Crippen LogP contribution in [0.5, 0.6) is 0 Å². The minimum Gasteiger partial charge on any atom is -0.306 e. The largest absolute Gasteiger partial charge is 0.306 e. The van der Waals surface area contributed by atoms with E-state index in [1.54, 1.807) is 0 Å². The summed E-state index contributed by atoms with van der Waals surface area (Å²) in [5.41, 5.74) is 2.97. The molecule has 0 bridgehead atoms. The molecular weight excluding hydrogens is 452 g/mol. The van der Waals surface area contributed by atoms with Gasteiger partial charge in [0.25, 0.3) is 0 Å². The second-order valence-electron chi connectivity index (χ2n) is 6.01. The molecule has 3 aromatic carbocycles. The summed E-state index contributed by atoms with van der Waals surface area (Å²) >= 11 is 7.20. The SMILES string of the molecule is Brc1cn(C(c2ccccc2)(c2ccccc2)c2ccccc2)c(Br)n1. The third-order valence-corrected chi connectivity index (χ3v) is 5.51. The fourth-order valence-electron chi connectivity index (χ4n) is 3.52. The zero-order valence-corrected chi connectivity index (χ0v) is 17.1. The van der Waals surface area contributed by atoms with Crippen molar-refractivity contribution < 1.29 is 0 Å². The van der Waals surface area contributed by atoms with Gasteiger partial charge in [-0.05, 0) is 48.6 Å². The van der Waals surface area contributed by atoms with E-state index < -0.39 is 5.54 Å². The van der Waals surface area contributed by atoms with E-state index in [1.165, 1.54) is 16.7 Å². The number of rotatable bonds is 4. The molecular formula is C22H16Br2N2. The van der Waals surface area contributed by atoms with Crippen molar-refractivity contribution in [2.75, 3.05) is 0 Å². The average Bonchev–Trinajstić information content (AvgIpc) is 3.03. The molecule has 1 heterocycles. The molecule has 0 saturated heterocycles. The van der Waals surface area contributed by atoms with Crippen LogP contribution < -0.4 is 0 Å². The molecule has 4 heteroatoms. The molecule has 0 N–H and O–H groups in total. The van der Waals surface area contributed by atoms with Crippen molar-refractivity contribution in [2.45, 2.75) is 5.54 Å². The first-order valence-corrected chi connectivity index (χ1v) is 9.89. The van der Waals surface area contributed by atoms with Crippen LogP contribution in [0.2, 0.25) is 0 Å². The van der Waals surface area contributed by atoms with E-state index in [0.717, 1.165) is 9.34 Å². The minimum absolute atomic E-state index is 0.540. The maximum absolute atomic E-state index is 4.55. The van der Waals surface area contributed by atoms with E-state index in [9.17, 15) is 0 Å². The summed E-state index contributed by atoms with van der Waals surface area (Å²) in [5.74, 6) is 0. The van der Waals surface area contributed by atoms with Crippen molar-refractivity contribution in [1.29, 1.82) is 0 Å². The van der Waals surface area contributed by atoms with Crippen molar-refractivity contribution in [1.82, 2.24) is 9.55 Å². The highest BCUT2D eigenvalue weighted by Crippen LogP contribution is 2.42. The van der Waals surface area contributed by atoms with Crippen molar-refractivity contribution in [3.8, 4) is 0 Å². The monoisotopic (exact) mass is 466 g/mol. The van der Waals surface area contributed by atoms with Crippen LogP contribution in [0.4, 0.5) is 0 Å². The standard InChI is InChI=1S/C22H16Br2N2/c23-20-16-26(21(24)25-20)22(17-10-4-1-5-11-17,18-12-6-2-7-13-18)19-14-8-3-9-15-19/h1-16H. The molecule has 26 heavy (non-hydrogen) atoms. The second kappa shape index (κ2) is 7.22. The second-order valence-corrected chi connectivity index (χ2v) is 7.53. The summed E-state index contributed by atoms with van der Waals surface area (Å²) in [4.78, 5) is 4.55. The molecule has 0 aliphatic rings. The molecule has 0 saturated carbocycles. The molecule has 0 fully saturated rings. The Hall–Kier alpha value is -2.17. The number of nitrogens with zero attached hydrogens (tertiary/aromatic N) is 2. The highest BCUT2D eigenvalue weighted by atomic mass is 79.9. The Labute approximate surface area is 169 Å². The number of aromatic nitrogens is 2. The number of imidazole rings is 1. The Morgan fingerprint density at radius 2 is 1.00 bits per heavy atom. The van der Waals surface area contributed by atoms with Crippen LogP contribution in [0.1, 0.15) is 16.7 Å². The highest BCUT2D eigenvalue weighted by molar-refractivity contribution is 9.11. The third-order valence-electron chi connectivity index (χ3n) is 4.57. The molecule has 0 aliphatic heterocycles. The van der Waals surface area contributed by atoms with Gasteiger partial charge < -0.3 is 4.57 Å². The van der Waals surface area contributed by atoms with Crippen LogP contribution in [-0.2, 0) is 5.54 Å². The molecule has 0 radical (unpaired) electrons. The predicted octanol–water partition coefficient (Wildman–Crippen LogP) is 6.25. The van der Waals surface area contributed by atoms with E-state index in [2.05, 4.69) is 114 Å². The van der Waals surface area contributed by atoms with Gasteiger partial charge >= 0.3 is 0 Å². The first-order chi connectivity index (χ1) is 12.7. The van der Waals surface area contributed by atoms with Gasteiger partial charge in [-0.15, -0.1) is 0 Å². The lowest BCUT2D eigenvalue weighted by molar-refractivity contribution is 0.504. The summed E-state index contributed by atoms with van der Waals surface area (Å²) in [7, 11) is 0. The first kappa shape index (κ1) is 17.3. The molecule has 4 rings (SSSR count). The van der Waals surface area contributed by atoms with Gasteiger partial charge in [0, 0.05) is 6.20 Å². The van der Waals surface area contributed by atoms with Crippen molar-refractivity contribution >= 4 is 31.9 Å². The molecule has 1 aromatic heterocycles. The van der Waals surface area contributed by atoms with Crippen LogP contribution in [0.3, 0.4) is 0 Å². The number of hydrogen-bond acceptors (Lipinski definition) is 1. The summed E-state index contributed by atoms with van der Waals surface area (Å²) in [6, 6.07) is 31.6. The molecule has 0 amide bonds. The average molecular weight is 468 g/mol. The lowest BCUT2D eigenvalue weighted by Crippen LogP contribution is -2.37. The van der Waals surface area contributed by atoms with Crippen LogP contribution in [-0.4, -0.2) is 9.55 Å². The number of benzene rings is 3. The smallest absolute Gasteiger partial charge is 0.179 e. The third kappa shape index (κ3) is 2.83. The van der Waals surface area contributed by atoms with E-state index in [0.29, 0.717) is 0 Å². The van der Waals surface area contributed by atoms with Gasteiger partial charge in [0.2, 0.25) is 0 Å². The predicted molar refractivity (Wildman–Crippen MR) is 112 cm³/mol. The fourth-order valence-corrected chi connectivity index (χ4v) is 4.69. The maximum atomic E-state index is 4.55. The Morgan fingerprint density at radius 1 is 0.615 bits per heavy atom. The van der Waals surface area contributed by atoms with Gasteiger partial charge in [-0.25, -0.2) is 4.98 Å². The Balaban J connectivity index is 2.16. The van der Waals surface area contributed by atoms with E-state index in [1.807, 2.05) is 24.4 Å². The first-order valence-electron chi connectivity index (χ1n) is 8.30. The maximum Gasteiger partial charge on any atom is 0.179 e. The zero-order chi connectivity index (χ0) is 18.0. The van der Waals surface area contributed by atoms with Crippen LogP contribution >= 0.6 is 31.9 Å². The highest BCUT2D eigenvalue weighted by Gasteiger charge is 2.39. The normalized spacial score (nSPS) is 11.5. The summed E-state index contributed by atoms with van der Waals surface area (Å²) in [5, 5.41) is 0. The van der Waals surface area contributed by atoms with Gasteiger partial charge in [0.05, 0.1) is 0 Å². The topological polar surface area (TPSA) is 17.8 Å². The molecule has 4 aromatic rings. The van der Waals surface area contributed by atoms with Gasteiger partial charge in [-0.3, -0.25) is 0 Å². The van der Waals surface area contributed by atoms with Crippen molar-refractivity contribution in [2.24, 2.45) is 0 Å². The number of halogens is 2. The van der Waals surface area contributed by atoms with Gasteiger partial charge in [-0.1, -0.05) is 91.0 Å².